The lowest BCUT2D eigenvalue weighted by atomic mass is 10.1. The van der Waals surface area contributed by atoms with E-state index in [2.05, 4.69) is 20.4 Å². The minimum atomic E-state index is -1.07. The third-order valence-corrected chi connectivity index (χ3v) is 7.33. The van der Waals surface area contributed by atoms with Crippen LogP contribution in [0.2, 0.25) is 5.02 Å². The molecule has 196 valence electrons. The third-order valence-electron chi connectivity index (χ3n) is 6.94. The molecule has 1 fully saturated rings. The van der Waals surface area contributed by atoms with Crippen molar-refractivity contribution in [2.75, 3.05) is 5.01 Å². The number of aryl methyl sites for hydroxylation is 2. The molecule has 1 saturated carbocycles. The monoisotopic (exact) mass is 540 g/mol. The van der Waals surface area contributed by atoms with Gasteiger partial charge in [-0.15, -0.1) is 0 Å². The summed E-state index contributed by atoms with van der Waals surface area (Å²) in [6.45, 7) is 3.69. The lowest BCUT2D eigenvalue weighted by Gasteiger charge is -2.31. The second kappa shape index (κ2) is 9.67. The molecule has 0 bridgehead atoms. The van der Waals surface area contributed by atoms with Crippen molar-refractivity contribution in [2.45, 2.75) is 38.8 Å². The molecule has 10 heteroatoms. The predicted molar refractivity (Wildman–Crippen MR) is 147 cm³/mol. The fourth-order valence-corrected chi connectivity index (χ4v) is 5.11. The topological polar surface area (TPSA) is 106 Å². The van der Waals surface area contributed by atoms with E-state index in [1.165, 1.54) is 0 Å². The van der Waals surface area contributed by atoms with E-state index >= 15 is 0 Å². The summed E-state index contributed by atoms with van der Waals surface area (Å²) in [7, 11) is 0. The molecular formula is C29H25ClN6O3. The molecule has 0 saturated heterocycles. The molecule has 2 amide bonds. The van der Waals surface area contributed by atoms with Gasteiger partial charge in [-0.05, 0) is 43.5 Å². The number of para-hydroxylation sites is 1. The predicted octanol–water partition coefficient (Wildman–Crippen LogP) is 4.98. The van der Waals surface area contributed by atoms with Crippen LogP contribution >= 0.6 is 11.6 Å². The van der Waals surface area contributed by atoms with Crippen molar-refractivity contribution in [3.05, 3.63) is 101 Å². The molecule has 0 aliphatic heterocycles. The second-order valence-corrected chi connectivity index (χ2v) is 10.0. The zero-order valence-electron chi connectivity index (χ0n) is 21.4. The van der Waals surface area contributed by atoms with Crippen molar-refractivity contribution in [3.63, 3.8) is 0 Å². The number of fused-ring (bicyclic) bond motifs is 1. The van der Waals surface area contributed by atoms with Gasteiger partial charge in [-0.2, -0.15) is 4.98 Å². The van der Waals surface area contributed by atoms with Gasteiger partial charge in [0.1, 0.15) is 11.2 Å². The zero-order valence-corrected chi connectivity index (χ0v) is 22.1. The van der Waals surface area contributed by atoms with Crippen LogP contribution in [0, 0.1) is 13.8 Å². The van der Waals surface area contributed by atoms with Crippen molar-refractivity contribution >= 4 is 34.3 Å². The van der Waals surface area contributed by atoms with Gasteiger partial charge in [0, 0.05) is 24.2 Å². The van der Waals surface area contributed by atoms with Crippen LogP contribution in [0.3, 0.4) is 0 Å². The Kier molecular flexibility index (Phi) is 6.15. The first-order valence-electron chi connectivity index (χ1n) is 12.6. The number of aromatic nitrogens is 4. The van der Waals surface area contributed by atoms with Gasteiger partial charge in [0.05, 0.1) is 22.6 Å². The molecule has 3 aromatic heterocycles. The minimum absolute atomic E-state index is 0.224. The number of hydrogen-bond acceptors (Lipinski definition) is 6. The Hall–Kier alpha value is -4.50. The van der Waals surface area contributed by atoms with Crippen LogP contribution in [-0.2, 0) is 11.3 Å². The largest absolute Gasteiger partial charge is 0.339 e. The van der Waals surface area contributed by atoms with Gasteiger partial charge in [-0.25, -0.2) is 9.69 Å². The first-order chi connectivity index (χ1) is 18.9. The smallest absolute Gasteiger partial charge is 0.267 e. The quantitative estimate of drug-likeness (QED) is 0.312. The summed E-state index contributed by atoms with van der Waals surface area (Å²) in [5.74, 6) is 0.0339. The van der Waals surface area contributed by atoms with E-state index in [-0.39, 0.29) is 24.2 Å². The first kappa shape index (κ1) is 24.8. The fourth-order valence-electron chi connectivity index (χ4n) is 4.79. The zero-order chi connectivity index (χ0) is 27.1. The molecule has 1 N–H and O–H groups in total. The molecule has 0 spiro atoms. The summed E-state index contributed by atoms with van der Waals surface area (Å²) < 4.78 is 7.03. The molecule has 0 radical (unpaired) electrons. The number of halogens is 1. The Morgan fingerprint density at radius 1 is 1.05 bits per heavy atom. The Bertz CT molecular complexity index is 1710. The number of hydrogen-bond donors (Lipinski definition) is 1. The Morgan fingerprint density at radius 2 is 1.79 bits per heavy atom. The van der Waals surface area contributed by atoms with Crippen molar-refractivity contribution < 1.29 is 14.1 Å². The number of carbonyl (C=O) groups is 2. The maximum absolute atomic E-state index is 14.5. The van der Waals surface area contributed by atoms with Gasteiger partial charge in [0.25, 0.3) is 11.8 Å². The number of carbonyl (C=O) groups excluding carboxylic acids is 2. The summed E-state index contributed by atoms with van der Waals surface area (Å²) >= 11 is 6.91. The second-order valence-electron chi connectivity index (χ2n) is 9.65. The summed E-state index contributed by atoms with van der Waals surface area (Å²) in [6, 6.07) is 20.6. The molecule has 2 aromatic carbocycles. The maximum Gasteiger partial charge on any atom is 0.267 e. The van der Waals surface area contributed by atoms with Gasteiger partial charge in [-0.3, -0.25) is 14.6 Å². The van der Waals surface area contributed by atoms with Gasteiger partial charge in [0.2, 0.25) is 11.7 Å². The van der Waals surface area contributed by atoms with Crippen LogP contribution in [0.15, 0.2) is 77.4 Å². The number of benzene rings is 2. The molecule has 3 heterocycles. The third kappa shape index (κ3) is 4.44. The van der Waals surface area contributed by atoms with Crippen LogP contribution in [0.25, 0.3) is 22.4 Å². The van der Waals surface area contributed by atoms with E-state index in [0.717, 1.165) is 10.9 Å². The van der Waals surface area contributed by atoms with E-state index in [4.69, 9.17) is 16.1 Å². The average molecular weight is 541 g/mol. The Balaban J connectivity index is 1.48. The summed E-state index contributed by atoms with van der Waals surface area (Å²) in [6.07, 6.45) is 2.64. The lowest BCUT2D eigenvalue weighted by Crippen LogP contribution is -2.54. The van der Waals surface area contributed by atoms with Crippen LogP contribution in [-0.4, -0.2) is 37.2 Å². The normalized spacial score (nSPS) is 13.8. The van der Waals surface area contributed by atoms with Crippen molar-refractivity contribution in [1.29, 1.82) is 0 Å². The molecule has 6 rings (SSSR count). The molecular weight excluding hydrogens is 516 g/mol. The Morgan fingerprint density at radius 3 is 2.49 bits per heavy atom. The molecule has 1 aliphatic carbocycles. The number of amides is 2. The first-order valence-corrected chi connectivity index (χ1v) is 13.0. The van der Waals surface area contributed by atoms with Gasteiger partial charge in [0.15, 0.2) is 0 Å². The maximum atomic E-state index is 14.5. The van der Waals surface area contributed by atoms with Gasteiger partial charge >= 0.3 is 0 Å². The molecule has 1 aliphatic rings. The summed E-state index contributed by atoms with van der Waals surface area (Å²) in [4.78, 5) is 36.4. The number of nitrogens with zero attached hydrogens (tertiary/aromatic N) is 5. The van der Waals surface area contributed by atoms with E-state index in [1.54, 1.807) is 41.9 Å². The van der Waals surface area contributed by atoms with E-state index in [1.807, 2.05) is 54.6 Å². The Labute approximate surface area is 229 Å². The van der Waals surface area contributed by atoms with E-state index < -0.39 is 5.54 Å². The molecule has 9 nitrogen and oxygen atoms in total. The lowest BCUT2D eigenvalue weighted by molar-refractivity contribution is -0.123. The highest BCUT2D eigenvalue weighted by Gasteiger charge is 2.54. The fraction of sp³-hybridized carbons (Fsp3) is 0.207. The SMILES string of the molecule is Cc1nc(-c2c(Cl)c3ccccc3n2N(Cc2ccccc2)C(=O)C2(NC(=O)c3cccnc3C)CC2)no1. The summed E-state index contributed by atoms with van der Waals surface area (Å²) in [5.41, 5.74) is 2.00. The van der Waals surface area contributed by atoms with E-state index in [9.17, 15) is 9.59 Å². The van der Waals surface area contributed by atoms with Crippen molar-refractivity contribution in [1.82, 2.24) is 25.1 Å². The van der Waals surface area contributed by atoms with Crippen LogP contribution in [0.4, 0.5) is 0 Å². The van der Waals surface area contributed by atoms with Gasteiger partial charge in [-0.1, -0.05) is 65.3 Å². The number of pyridine rings is 1. The van der Waals surface area contributed by atoms with Crippen molar-refractivity contribution in [3.8, 4) is 11.5 Å². The highest BCUT2D eigenvalue weighted by Crippen LogP contribution is 2.41. The highest BCUT2D eigenvalue weighted by atomic mass is 35.5. The van der Waals surface area contributed by atoms with E-state index in [0.29, 0.717) is 46.2 Å². The summed E-state index contributed by atoms with van der Waals surface area (Å²) in [5, 5.41) is 9.89. The van der Waals surface area contributed by atoms with Gasteiger partial charge < -0.3 is 9.84 Å². The molecule has 39 heavy (non-hydrogen) atoms. The average Bonchev–Trinajstić information content (AvgIpc) is 3.51. The van der Waals surface area contributed by atoms with Crippen LogP contribution in [0.5, 0.6) is 0 Å². The number of rotatable bonds is 7. The standard InChI is InChI=1S/C29H25ClN6O3/c1-18-21(12-8-16-31-18)27(37)33-29(14-15-29)28(38)35(17-20-9-4-3-5-10-20)36-23-13-7-6-11-22(23)24(30)25(36)26-32-19(2)39-34-26/h3-13,16H,14-15,17H2,1-2H3,(H,33,37). The highest BCUT2D eigenvalue weighted by molar-refractivity contribution is 6.38. The molecule has 0 unspecified atom stereocenters. The van der Waals surface area contributed by atoms with Crippen LogP contribution < -0.4 is 10.3 Å². The minimum Gasteiger partial charge on any atom is -0.339 e. The van der Waals surface area contributed by atoms with Crippen LogP contribution in [0.1, 0.15) is 40.3 Å². The number of nitrogens with one attached hydrogen (secondary N) is 1. The molecule has 5 aromatic rings. The molecule has 0 atom stereocenters. The van der Waals surface area contributed by atoms with Crippen molar-refractivity contribution in [2.24, 2.45) is 0 Å².